The summed E-state index contributed by atoms with van der Waals surface area (Å²) in [4.78, 5) is 3.43. The van der Waals surface area contributed by atoms with Crippen LogP contribution in [0.25, 0.3) is 0 Å². The molecule has 1 aliphatic heterocycles. The van der Waals surface area contributed by atoms with Gasteiger partial charge in [0, 0.05) is 13.2 Å². The van der Waals surface area contributed by atoms with E-state index in [1.54, 1.807) is 0 Å². The maximum atomic E-state index is 12.5. The summed E-state index contributed by atoms with van der Waals surface area (Å²) in [6.45, 7) is -1.82. The number of halogens is 5. The summed E-state index contributed by atoms with van der Waals surface area (Å²) in [5.74, 6) is -5.28. The van der Waals surface area contributed by atoms with E-state index in [0.717, 1.165) is 12.4 Å². The number of nitrogens with zero attached hydrogens (tertiary/aromatic N) is 1. The summed E-state index contributed by atoms with van der Waals surface area (Å²) in [5.41, 5.74) is 0. The average Bonchev–Trinajstić information content (AvgIpc) is 2.25. The van der Waals surface area contributed by atoms with Gasteiger partial charge in [-0.25, -0.2) is 4.99 Å². The van der Waals surface area contributed by atoms with E-state index in [1.807, 2.05) is 0 Å². The quantitative estimate of drug-likeness (QED) is 0.781. The molecule has 0 saturated heterocycles. The predicted molar refractivity (Wildman–Crippen MR) is 47.5 cm³/mol. The third-order valence-corrected chi connectivity index (χ3v) is 1.79. The molecule has 0 saturated carbocycles. The molecule has 0 spiro atoms. The van der Waals surface area contributed by atoms with Gasteiger partial charge in [-0.3, -0.25) is 0 Å². The van der Waals surface area contributed by atoms with Gasteiger partial charge in [0.2, 0.25) is 5.88 Å². The van der Waals surface area contributed by atoms with Crippen molar-refractivity contribution >= 4 is 6.34 Å². The maximum Gasteiger partial charge on any atom is 0.456 e. The Morgan fingerprint density at radius 1 is 1.35 bits per heavy atom. The second-order valence-electron chi connectivity index (χ2n) is 3.08. The Labute approximate surface area is 93.1 Å². The van der Waals surface area contributed by atoms with Gasteiger partial charge in [-0.2, -0.15) is 22.0 Å². The molecule has 0 aliphatic carbocycles. The van der Waals surface area contributed by atoms with Gasteiger partial charge in [-0.15, -0.1) is 0 Å². The summed E-state index contributed by atoms with van der Waals surface area (Å²) >= 11 is 0. The third kappa shape index (κ3) is 3.55. The Morgan fingerprint density at radius 2 is 2.00 bits per heavy atom. The van der Waals surface area contributed by atoms with E-state index in [2.05, 4.69) is 15.0 Å². The van der Waals surface area contributed by atoms with Crippen LogP contribution in [0.15, 0.2) is 17.0 Å². The van der Waals surface area contributed by atoms with Crippen molar-refractivity contribution in [3.05, 3.63) is 12.0 Å². The first kappa shape index (κ1) is 13.7. The van der Waals surface area contributed by atoms with E-state index in [9.17, 15) is 22.0 Å². The van der Waals surface area contributed by atoms with Gasteiger partial charge in [0.1, 0.15) is 0 Å². The van der Waals surface area contributed by atoms with Crippen LogP contribution in [-0.2, 0) is 9.47 Å². The van der Waals surface area contributed by atoms with Crippen LogP contribution in [-0.4, -0.2) is 38.4 Å². The fraction of sp³-hybridized carbons (Fsp3) is 0.625. The highest BCUT2D eigenvalue weighted by Crippen LogP contribution is 2.35. The van der Waals surface area contributed by atoms with Crippen LogP contribution in [0, 0.1) is 0 Å². The number of rotatable bonds is 4. The van der Waals surface area contributed by atoms with Crippen molar-refractivity contribution in [3.8, 4) is 0 Å². The lowest BCUT2D eigenvalue weighted by atomic mass is 10.3. The first-order valence-corrected chi connectivity index (χ1v) is 4.37. The van der Waals surface area contributed by atoms with Crippen LogP contribution in [0.5, 0.6) is 0 Å². The molecule has 0 radical (unpaired) electrons. The van der Waals surface area contributed by atoms with Crippen molar-refractivity contribution in [2.75, 3.05) is 13.7 Å². The van der Waals surface area contributed by atoms with Gasteiger partial charge >= 0.3 is 12.1 Å². The fourth-order valence-corrected chi connectivity index (χ4v) is 0.863. The first-order chi connectivity index (χ1) is 7.76. The average molecular weight is 260 g/mol. The Morgan fingerprint density at radius 3 is 2.53 bits per heavy atom. The molecule has 0 fully saturated rings. The van der Waals surface area contributed by atoms with Gasteiger partial charge in [0.05, 0.1) is 6.34 Å². The van der Waals surface area contributed by atoms with Crippen molar-refractivity contribution in [1.82, 2.24) is 5.32 Å². The summed E-state index contributed by atoms with van der Waals surface area (Å²) in [6.07, 6.45) is -4.12. The molecule has 1 N–H and O–H groups in total. The highest BCUT2D eigenvalue weighted by atomic mass is 19.4. The van der Waals surface area contributed by atoms with E-state index in [1.165, 1.54) is 7.11 Å². The lowest BCUT2D eigenvalue weighted by Crippen LogP contribution is -2.41. The maximum absolute atomic E-state index is 12.5. The highest BCUT2D eigenvalue weighted by Gasteiger charge is 2.58. The van der Waals surface area contributed by atoms with Gasteiger partial charge in [0.25, 0.3) is 0 Å². The van der Waals surface area contributed by atoms with Gasteiger partial charge < -0.3 is 14.8 Å². The van der Waals surface area contributed by atoms with Crippen molar-refractivity contribution < 1.29 is 31.4 Å². The Kier molecular flexibility index (Phi) is 3.91. The van der Waals surface area contributed by atoms with Crippen molar-refractivity contribution in [2.24, 2.45) is 4.99 Å². The molecule has 1 rings (SSSR count). The molecule has 1 aliphatic rings. The molecule has 17 heavy (non-hydrogen) atoms. The molecule has 9 heteroatoms. The van der Waals surface area contributed by atoms with E-state index < -0.39 is 24.9 Å². The van der Waals surface area contributed by atoms with Crippen molar-refractivity contribution in [2.45, 2.75) is 18.3 Å². The molecule has 0 aromatic heterocycles. The zero-order valence-corrected chi connectivity index (χ0v) is 8.59. The number of nitrogens with one attached hydrogen (secondary N) is 1. The molecule has 1 unspecified atom stereocenters. The van der Waals surface area contributed by atoms with E-state index in [-0.39, 0.29) is 5.88 Å². The Bertz CT molecular complexity index is 326. The van der Waals surface area contributed by atoms with Crippen LogP contribution >= 0.6 is 0 Å². The number of aliphatic imine (C=N–C) groups is 1. The molecule has 0 amide bonds. The van der Waals surface area contributed by atoms with Crippen LogP contribution in [0.1, 0.15) is 0 Å². The molecular weight excluding hydrogens is 251 g/mol. The monoisotopic (exact) mass is 260 g/mol. The second kappa shape index (κ2) is 4.86. The summed E-state index contributed by atoms with van der Waals surface area (Å²) < 4.78 is 69.4. The SMILES string of the molecule is COC1C=C(OCC(F)(F)C(F)(F)F)N=CN1. The summed E-state index contributed by atoms with van der Waals surface area (Å²) in [5, 5.41) is 2.55. The molecule has 0 bridgehead atoms. The van der Waals surface area contributed by atoms with Crippen LogP contribution in [0.2, 0.25) is 0 Å². The molecule has 98 valence electrons. The minimum Gasteiger partial charge on any atom is -0.471 e. The molecule has 4 nitrogen and oxygen atoms in total. The van der Waals surface area contributed by atoms with E-state index in [0.29, 0.717) is 0 Å². The first-order valence-electron chi connectivity index (χ1n) is 4.37. The Balaban J connectivity index is 2.57. The highest BCUT2D eigenvalue weighted by molar-refractivity contribution is 5.58. The third-order valence-electron chi connectivity index (χ3n) is 1.79. The summed E-state index contributed by atoms with van der Waals surface area (Å²) in [7, 11) is 1.31. The lowest BCUT2D eigenvalue weighted by molar-refractivity contribution is -0.293. The molecule has 1 heterocycles. The lowest BCUT2D eigenvalue weighted by Gasteiger charge is -2.21. The number of hydrogen-bond acceptors (Lipinski definition) is 4. The van der Waals surface area contributed by atoms with Crippen LogP contribution < -0.4 is 5.32 Å². The zero-order valence-electron chi connectivity index (χ0n) is 8.59. The number of methoxy groups -OCH3 is 1. The van der Waals surface area contributed by atoms with Gasteiger partial charge in [0.15, 0.2) is 12.8 Å². The molecular formula is C8H9F5N2O2. The second-order valence-corrected chi connectivity index (χ2v) is 3.08. The van der Waals surface area contributed by atoms with Gasteiger partial charge in [-0.05, 0) is 0 Å². The number of alkyl halides is 5. The Hall–Kier alpha value is -1.38. The molecule has 0 aromatic carbocycles. The van der Waals surface area contributed by atoms with Crippen LogP contribution in [0.4, 0.5) is 22.0 Å². The van der Waals surface area contributed by atoms with Crippen LogP contribution in [0.3, 0.4) is 0 Å². The molecule has 1 atom stereocenters. The fourth-order valence-electron chi connectivity index (χ4n) is 0.863. The predicted octanol–water partition coefficient (Wildman–Crippen LogP) is 1.65. The van der Waals surface area contributed by atoms with E-state index >= 15 is 0 Å². The topological polar surface area (TPSA) is 42.9 Å². The minimum absolute atomic E-state index is 0.362. The number of ether oxygens (including phenoxy) is 2. The normalized spacial score (nSPS) is 20.8. The standard InChI is InChI=1S/C8H9F5N2O2/c1-16-5-2-6(15-4-14-5)17-3-7(9,10)8(11,12)13/h2,4-5H,3H2,1H3,(H,14,15). The number of hydrogen-bond donors (Lipinski definition) is 1. The smallest absolute Gasteiger partial charge is 0.456 e. The van der Waals surface area contributed by atoms with Gasteiger partial charge in [-0.1, -0.05) is 0 Å². The van der Waals surface area contributed by atoms with Crippen molar-refractivity contribution in [1.29, 1.82) is 0 Å². The largest absolute Gasteiger partial charge is 0.471 e. The molecule has 0 aromatic rings. The minimum atomic E-state index is -5.65. The van der Waals surface area contributed by atoms with E-state index in [4.69, 9.17) is 4.74 Å². The zero-order chi connectivity index (χ0) is 13.1. The summed E-state index contributed by atoms with van der Waals surface area (Å²) in [6, 6.07) is 0. The van der Waals surface area contributed by atoms with Crippen molar-refractivity contribution in [3.63, 3.8) is 0 Å².